The predicted octanol–water partition coefficient (Wildman–Crippen LogP) is 3.77. The third-order valence-electron chi connectivity index (χ3n) is 1.83. The Kier molecular flexibility index (Phi) is 2.34. The summed E-state index contributed by atoms with van der Waals surface area (Å²) in [6.45, 7) is 1.98. The average Bonchev–Trinajstić information content (AvgIpc) is 2.51. The van der Waals surface area contributed by atoms with Crippen molar-refractivity contribution in [1.29, 1.82) is 0 Å². The lowest BCUT2D eigenvalue weighted by molar-refractivity contribution is 1.20. The van der Waals surface area contributed by atoms with E-state index < -0.39 is 0 Å². The molecular weight excluding hydrogens is 202 g/mol. The van der Waals surface area contributed by atoms with Crippen LogP contribution in [0, 0.1) is 6.92 Å². The van der Waals surface area contributed by atoms with Gasteiger partial charge in [-0.25, -0.2) is 0 Å². The van der Waals surface area contributed by atoms with Gasteiger partial charge in [-0.05, 0) is 36.1 Å². The molecule has 0 aliphatic carbocycles. The molecule has 0 unspecified atom stereocenters. The lowest BCUT2D eigenvalue weighted by atomic mass is 10.1. The first kappa shape index (κ1) is 8.73. The second kappa shape index (κ2) is 3.48. The molecule has 13 heavy (non-hydrogen) atoms. The Labute approximate surface area is 86.0 Å². The van der Waals surface area contributed by atoms with Crippen LogP contribution in [0.2, 0.25) is 4.34 Å². The molecule has 0 N–H and O–H groups in total. The standard InChI is InChI=1S/C10H8ClNS/c1-7-6-8(2-4-12-7)9-3-5-13-10(9)11/h2-6H,1H3. The van der Waals surface area contributed by atoms with Crippen LogP contribution in [0.5, 0.6) is 0 Å². The van der Waals surface area contributed by atoms with Crippen molar-refractivity contribution in [2.45, 2.75) is 6.92 Å². The molecule has 0 bridgehead atoms. The van der Waals surface area contributed by atoms with E-state index in [0.717, 1.165) is 21.2 Å². The molecule has 66 valence electrons. The fourth-order valence-corrected chi connectivity index (χ4v) is 2.18. The number of hydrogen-bond donors (Lipinski definition) is 0. The van der Waals surface area contributed by atoms with E-state index in [1.807, 2.05) is 30.5 Å². The molecule has 0 amide bonds. The fraction of sp³-hybridized carbons (Fsp3) is 0.100. The summed E-state index contributed by atoms with van der Waals surface area (Å²) in [5, 5.41) is 1.99. The number of rotatable bonds is 1. The van der Waals surface area contributed by atoms with E-state index in [-0.39, 0.29) is 0 Å². The molecule has 0 aromatic carbocycles. The Bertz CT molecular complexity index is 422. The zero-order chi connectivity index (χ0) is 9.26. The smallest absolute Gasteiger partial charge is 0.101 e. The van der Waals surface area contributed by atoms with E-state index in [1.54, 1.807) is 17.5 Å². The molecule has 2 aromatic heterocycles. The molecule has 2 aromatic rings. The van der Waals surface area contributed by atoms with Crippen molar-refractivity contribution in [3.8, 4) is 11.1 Å². The number of thiophene rings is 1. The van der Waals surface area contributed by atoms with Gasteiger partial charge >= 0.3 is 0 Å². The molecule has 0 saturated heterocycles. The van der Waals surface area contributed by atoms with Crippen LogP contribution in [0.15, 0.2) is 29.8 Å². The van der Waals surface area contributed by atoms with Crippen molar-refractivity contribution in [2.75, 3.05) is 0 Å². The lowest BCUT2D eigenvalue weighted by Crippen LogP contribution is -1.80. The summed E-state index contributed by atoms with van der Waals surface area (Å²) < 4.78 is 0.839. The normalized spacial score (nSPS) is 10.3. The van der Waals surface area contributed by atoms with Crippen molar-refractivity contribution >= 4 is 22.9 Å². The van der Waals surface area contributed by atoms with E-state index in [1.165, 1.54) is 0 Å². The molecule has 0 aliphatic heterocycles. The van der Waals surface area contributed by atoms with E-state index in [0.29, 0.717) is 0 Å². The summed E-state index contributed by atoms with van der Waals surface area (Å²) in [6, 6.07) is 6.04. The van der Waals surface area contributed by atoms with Gasteiger partial charge in [0.1, 0.15) is 4.34 Å². The van der Waals surface area contributed by atoms with Crippen molar-refractivity contribution in [2.24, 2.45) is 0 Å². The van der Waals surface area contributed by atoms with E-state index >= 15 is 0 Å². The van der Waals surface area contributed by atoms with Gasteiger partial charge in [-0.2, -0.15) is 0 Å². The van der Waals surface area contributed by atoms with Crippen LogP contribution in [0.4, 0.5) is 0 Å². The largest absolute Gasteiger partial charge is 0.262 e. The molecule has 0 spiro atoms. The first-order chi connectivity index (χ1) is 6.27. The second-order valence-corrected chi connectivity index (χ2v) is 4.31. The zero-order valence-corrected chi connectivity index (χ0v) is 8.69. The van der Waals surface area contributed by atoms with Gasteiger partial charge in [0.05, 0.1) is 0 Å². The van der Waals surface area contributed by atoms with Gasteiger partial charge in [0, 0.05) is 17.5 Å². The molecular formula is C10H8ClNS. The summed E-state index contributed by atoms with van der Waals surface area (Å²) >= 11 is 7.57. The van der Waals surface area contributed by atoms with Gasteiger partial charge in [0.15, 0.2) is 0 Å². The highest BCUT2D eigenvalue weighted by Gasteiger charge is 2.03. The number of pyridine rings is 1. The summed E-state index contributed by atoms with van der Waals surface area (Å²) in [5.41, 5.74) is 3.25. The summed E-state index contributed by atoms with van der Waals surface area (Å²) in [5.74, 6) is 0. The van der Waals surface area contributed by atoms with Crippen molar-refractivity contribution in [1.82, 2.24) is 4.98 Å². The Morgan fingerprint density at radius 3 is 2.85 bits per heavy atom. The van der Waals surface area contributed by atoms with Crippen molar-refractivity contribution in [3.05, 3.63) is 39.8 Å². The SMILES string of the molecule is Cc1cc(-c2ccsc2Cl)ccn1. The highest BCUT2D eigenvalue weighted by atomic mass is 35.5. The van der Waals surface area contributed by atoms with Crippen LogP contribution >= 0.6 is 22.9 Å². The average molecular weight is 210 g/mol. The number of halogens is 1. The second-order valence-electron chi connectivity index (χ2n) is 2.79. The van der Waals surface area contributed by atoms with Crippen LogP contribution in [-0.4, -0.2) is 4.98 Å². The molecule has 0 saturated carbocycles. The highest BCUT2D eigenvalue weighted by molar-refractivity contribution is 7.15. The first-order valence-electron chi connectivity index (χ1n) is 3.93. The molecule has 0 aliphatic rings. The summed E-state index contributed by atoms with van der Waals surface area (Å²) in [6.07, 6.45) is 1.80. The van der Waals surface area contributed by atoms with Crippen molar-refractivity contribution in [3.63, 3.8) is 0 Å². The van der Waals surface area contributed by atoms with Gasteiger partial charge < -0.3 is 0 Å². The summed E-state index contributed by atoms with van der Waals surface area (Å²) in [7, 11) is 0. The Hall–Kier alpha value is -0.860. The number of nitrogens with zero attached hydrogens (tertiary/aromatic N) is 1. The fourth-order valence-electron chi connectivity index (χ4n) is 1.21. The van der Waals surface area contributed by atoms with Gasteiger partial charge in [0.2, 0.25) is 0 Å². The third kappa shape index (κ3) is 1.74. The monoisotopic (exact) mass is 209 g/mol. The number of aromatic nitrogens is 1. The lowest BCUT2D eigenvalue weighted by Gasteiger charge is -1.99. The van der Waals surface area contributed by atoms with Gasteiger partial charge in [-0.15, -0.1) is 11.3 Å². The Morgan fingerprint density at radius 1 is 1.38 bits per heavy atom. The Balaban J connectivity index is 2.53. The molecule has 2 heterocycles. The van der Waals surface area contributed by atoms with Gasteiger partial charge in [-0.3, -0.25) is 4.98 Å². The van der Waals surface area contributed by atoms with Crippen LogP contribution in [0.3, 0.4) is 0 Å². The maximum atomic E-state index is 6.02. The number of aryl methyl sites for hydroxylation is 1. The van der Waals surface area contributed by atoms with Gasteiger partial charge in [0.25, 0.3) is 0 Å². The first-order valence-corrected chi connectivity index (χ1v) is 5.19. The molecule has 3 heteroatoms. The van der Waals surface area contributed by atoms with E-state index in [4.69, 9.17) is 11.6 Å². The third-order valence-corrected chi connectivity index (χ3v) is 3.00. The molecule has 0 atom stereocenters. The minimum Gasteiger partial charge on any atom is -0.262 e. The summed E-state index contributed by atoms with van der Waals surface area (Å²) in [4.78, 5) is 4.14. The van der Waals surface area contributed by atoms with E-state index in [2.05, 4.69) is 4.98 Å². The Morgan fingerprint density at radius 2 is 2.23 bits per heavy atom. The van der Waals surface area contributed by atoms with Crippen molar-refractivity contribution < 1.29 is 0 Å². The maximum absolute atomic E-state index is 6.02. The predicted molar refractivity (Wildman–Crippen MR) is 57.3 cm³/mol. The molecule has 2 rings (SSSR count). The highest BCUT2D eigenvalue weighted by Crippen LogP contribution is 2.32. The maximum Gasteiger partial charge on any atom is 0.101 e. The topological polar surface area (TPSA) is 12.9 Å². The van der Waals surface area contributed by atoms with Crippen LogP contribution in [0.1, 0.15) is 5.69 Å². The number of hydrogen-bond acceptors (Lipinski definition) is 2. The quantitative estimate of drug-likeness (QED) is 0.697. The van der Waals surface area contributed by atoms with Gasteiger partial charge in [-0.1, -0.05) is 11.6 Å². The molecule has 0 fully saturated rings. The van der Waals surface area contributed by atoms with E-state index in [9.17, 15) is 0 Å². The van der Waals surface area contributed by atoms with Crippen LogP contribution < -0.4 is 0 Å². The minimum absolute atomic E-state index is 0.839. The van der Waals surface area contributed by atoms with Crippen LogP contribution in [0.25, 0.3) is 11.1 Å². The van der Waals surface area contributed by atoms with Crippen LogP contribution in [-0.2, 0) is 0 Å². The molecule has 0 radical (unpaired) electrons. The molecule has 1 nitrogen and oxygen atoms in total. The zero-order valence-electron chi connectivity index (χ0n) is 7.12. The minimum atomic E-state index is 0.839.